The standard InChI is InChI=1S/C52H59F2N5O7/c1-4-38(15-9-32-10-16-40-41(25-32)52(64)59(51(40)63)46-17-18-48(61)58-50(46)62)66-24-21-47(60)34-11-13-37(14-12-34)56-30-36(29-55)45(5-2)57-49-31(3)7-6-8-39(49)35-27-43(53)42(44(54)28-35)26-33-19-22-65-23-20-33/h5-8,10,16,25,27-30,33-34,37-38,46H,2,4,9,11-15,17-24,26,55H2,1,3H3,(H,58,61,62). The molecule has 4 amide bonds. The molecule has 3 heterocycles. The number of nitrogens with two attached hydrogens (primary N) is 1. The van der Waals surface area contributed by atoms with Gasteiger partial charge in [0.2, 0.25) is 11.8 Å². The highest BCUT2D eigenvalue weighted by atomic mass is 19.1. The molecule has 7 rings (SSSR count). The van der Waals surface area contributed by atoms with E-state index in [9.17, 15) is 24.0 Å². The smallest absolute Gasteiger partial charge is 0.262 e. The number of aryl methyl sites for hydroxylation is 2. The zero-order valence-electron chi connectivity index (χ0n) is 37.8. The van der Waals surface area contributed by atoms with Crippen molar-refractivity contribution in [1.29, 1.82) is 0 Å². The maximum absolute atomic E-state index is 15.5. The van der Waals surface area contributed by atoms with Gasteiger partial charge in [0.25, 0.3) is 11.8 Å². The van der Waals surface area contributed by atoms with E-state index < -0.39 is 41.3 Å². The molecule has 3 aliphatic heterocycles. The number of nitrogens with zero attached hydrogens (tertiary/aromatic N) is 3. The largest absolute Gasteiger partial charge is 0.404 e. The summed E-state index contributed by atoms with van der Waals surface area (Å²) in [4.78, 5) is 74.3. The summed E-state index contributed by atoms with van der Waals surface area (Å²) in [5.41, 5.74) is 10.9. The van der Waals surface area contributed by atoms with Gasteiger partial charge in [0.05, 0.1) is 35.2 Å². The summed E-state index contributed by atoms with van der Waals surface area (Å²) in [6, 6.07) is 12.4. The Balaban J connectivity index is 0.886. The number of nitrogens with one attached hydrogen (secondary N) is 1. The van der Waals surface area contributed by atoms with Gasteiger partial charge in [-0.05, 0) is 131 Å². The number of hydrogen-bond acceptors (Lipinski definition) is 10. The van der Waals surface area contributed by atoms with Crippen LogP contribution in [0.15, 0.2) is 82.9 Å². The van der Waals surface area contributed by atoms with Crippen LogP contribution in [0.5, 0.6) is 0 Å². The van der Waals surface area contributed by atoms with Crippen molar-refractivity contribution in [2.75, 3.05) is 19.8 Å². The molecule has 2 atom stereocenters. The van der Waals surface area contributed by atoms with Gasteiger partial charge in [0.1, 0.15) is 23.5 Å². The van der Waals surface area contributed by atoms with Gasteiger partial charge in [-0.1, -0.05) is 37.8 Å². The fraction of sp³-hybridized carbons (Fsp3) is 0.442. The van der Waals surface area contributed by atoms with Crippen LogP contribution < -0.4 is 11.1 Å². The van der Waals surface area contributed by atoms with Gasteiger partial charge in [-0.25, -0.2) is 13.8 Å². The molecule has 348 valence electrons. The van der Waals surface area contributed by atoms with E-state index in [1.807, 2.05) is 26.0 Å². The Labute approximate surface area is 384 Å². The van der Waals surface area contributed by atoms with E-state index >= 15 is 8.78 Å². The molecule has 3 N–H and O–H groups in total. The third kappa shape index (κ3) is 11.2. The maximum Gasteiger partial charge on any atom is 0.262 e. The number of imide groups is 2. The van der Waals surface area contributed by atoms with Gasteiger partial charge >= 0.3 is 0 Å². The van der Waals surface area contributed by atoms with Crippen LogP contribution in [0.25, 0.3) is 11.1 Å². The molecule has 4 aliphatic rings. The Kier molecular flexibility index (Phi) is 16.0. The van der Waals surface area contributed by atoms with Crippen LogP contribution in [0.2, 0.25) is 0 Å². The Morgan fingerprint density at radius 1 is 0.970 bits per heavy atom. The Morgan fingerprint density at radius 3 is 2.38 bits per heavy atom. The number of carbonyl (C=O) groups is 5. The second kappa shape index (κ2) is 22.0. The van der Waals surface area contributed by atoms with E-state index in [1.54, 1.807) is 36.6 Å². The monoisotopic (exact) mass is 903 g/mol. The van der Waals surface area contributed by atoms with Crippen molar-refractivity contribution in [3.63, 3.8) is 0 Å². The number of amides is 4. The van der Waals surface area contributed by atoms with Gasteiger partial charge in [0, 0.05) is 67.1 Å². The van der Waals surface area contributed by atoms with Gasteiger partial charge < -0.3 is 15.2 Å². The molecule has 3 aromatic rings. The summed E-state index contributed by atoms with van der Waals surface area (Å²) in [5, 5.41) is 2.21. The van der Waals surface area contributed by atoms with Crippen molar-refractivity contribution in [3.05, 3.63) is 112 Å². The minimum atomic E-state index is -1.01. The summed E-state index contributed by atoms with van der Waals surface area (Å²) in [6.07, 6.45) is 11.8. The lowest BCUT2D eigenvalue weighted by atomic mass is 9.83. The SMILES string of the molecule is C=CC(=Nc1c(C)cccc1-c1cc(F)c(CC2CCOCC2)c(F)c1)C(C=NC1CCC(C(=O)CCOC(CC)CCc2ccc3c(c2)C(=O)N(C2CCC(=O)NC2=O)C3=O)CC1)=CN. The average Bonchev–Trinajstić information content (AvgIpc) is 3.56. The molecule has 3 fully saturated rings. The van der Waals surface area contributed by atoms with Crippen molar-refractivity contribution >= 4 is 47.0 Å². The first-order valence-corrected chi connectivity index (χ1v) is 23.2. The predicted molar refractivity (Wildman–Crippen MR) is 249 cm³/mol. The maximum atomic E-state index is 15.5. The zero-order valence-corrected chi connectivity index (χ0v) is 37.8. The number of rotatable bonds is 18. The minimum absolute atomic E-state index is 0.0106. The number of benzene rings is 3. The van der Waals surface area contributed by atoms with Gasteiger partial charge in [0.15, 0.2) is 0 Å². The normalized spacial score (nSPS) is 21.3. The second-order valence-corrected chi connectivity index (χ2v) is 17.7. The van der Waals surface area contributed by atoms with Gasteiger partial charge in [-0.15, -0.1) is 0 Å². The summed E-state index contributed by atoms with van der Waals surface area (Å²) >= 11 is 0. The number of piperidine rings is 1. The molecule has 14 heteroatoms. The fourth-order valence-electron chi connectivity index (χ4n) is 9.45. The second-order valence-electron chi connectivity index (χ2n) is 17.7. The molecule has 66 heavy (non-hydrogen) atoms. The molecule has 12 nitrogen and oxygen atoms in total. The number of hydrogen-bond donors (Lipinski definition) is 2. The first-order valence-electron chi connectivity index (χ1n) is 23.2. The molecule has 0 bridgehead atoms. The highest BCUT2D eigenvalue weighted by molar-refractivity contribution is 6.24. The number of ether oxygens (including phenoxy) is 2. The van der Waals surface area contributed by atoms with Crippen molar-refractivity contribution < 1.29 is 42.2 Å². The van der Waals surface area contributed by atoms with Crippen molar-refractivity contribution in [1.82, 2.24) is 10.2 Å². The average molecular weight is 904 g/mol. The summed E-state index contributed by atoms with van der Waals surface area (Å²) < 4.78 is 42.6. The molecule has 2 saturated heterocycles. The fourth-order valence-corrected chi connectivity index (χ4v) is 9.45. The number of aliphatic imine (C=N–C) groups is 2. The van der Waals surface area contributed by atoms with E-state index in [1.165, 1.54) is 18.3 Å². The molecular formula is C52H59F2N5O7. The summed E-state index contributed by atoms with van der Waals surface area (Å²) in [7, 11) is 0. The van der Waals surface area contributed by atoms with Crippen LogP contribution in [-0.4, -0.2) is 84.2 Å². The van der Waals surface area contributed by atoms with Crippen LogP contribution in [-0.2, 0) is 36.7 Å². The zero-order chi connectivity index (χ0) is 46.9. The Bertz CT molecular complexity index is 2430. The number of ketones is 1. The number of para-hydroxylation sites is 1. The van der Waals surface area contributed by atoms with E-state index in [4.69, 9.17) is 25.2 Å². The van der Waals surface area contributed by atoms with Gasteiger partial charge in [-0.3, -0.25) is 39.2 Å². The molecule has 3 aromatic carbocycles. The first-order chi connectivity index (χ1) is 31.9. The summed E-state index contributed by atoms with van der Waals surface area (Å²) in [5.74, 6) is -3.02. The van der Waals surface area contributed by atoms with Crippen LogP contribution in [0.1, 0.15) is 115 Å². The van der Waals surface area contributed by atoms with Crippen LogP contribution in [0.4, 0.5) is 14.5 Å². The third-order valence-electron chi connectivity index (χ3n) is 13.4. The molecule has 2 unspecified atom stereocenters. The number of carbonyl (C=O) groups excluding carboxylic acids is 5. The topological polar surface area (TPSA) is 170 Å². The third-order valence-corrected chi connectivity index (χ3v) is 13.4. The lowest BCUT2D eigenvalue weighted by Gasteiger charge is -2.27. The van der Waals surface area contributed by atoms with Crippen molar-refractivity contribution in [2.24, 2.45) is 27.6 Å². The minimum Gasteiger partial charge on any atom is -0.404 e. The predicted octanol–water partition coefficient (Wildman–Crippen LogP) is 8.43. The molecule has 1 saturated carbocycles. The van der Waals surface area contributed by atoms with Crippen LogP contribution in [0.3, 0.4) is 0 Å². The van der Waals surface area contributed by atoms with Crippen molar-refractivity contribution in [2.45, 2.75) is 116 Å². The number of Topliss-reactive ketones (excluding diaryl/α,β-unsaturated/α-hetero) is 1. The number of fused-ring (bicyclic) bond motifs is 1. The van der Waals surface area contributed by atoms with E-state index in [0.717, 1.165) is 48.1 Å². The number of allylic oxidation sites excluding steroid dienone is 2. The van der Waals surface area contributed by atoms with E-state index in [-0.39, 0.29) is 59.3 Å². The Morgan fingerprint density at radius 2 is 1.70 bits per heavy atom. The van der Waals surface area contributed by atoms with Crippen molar-refractivity contribution in [3.8, 4) is 11.1 Å². The highest BCUT2D eigenvalue weighted by Gasteiger charge is 2.44. The van der Waals surface area contributed by atoms with E-state index in [2.05, 4.69) is 11.9 Å². The lowest BCUT2D eigenvalue weighted by molar-refractivity contribution is -0.136. The van der Waals surface area contributed by atoms with Gasteiger partial charge in [-0.2, -0.15) is 0 Å². The highest BCUT2D eigenvalue weighted by Crippen LogP contribution is 2.37. The van der Waals surface area contributed by atoms with Crippen LogP contribution >= 0.6 is 0 Å². The lowest BCUT2D eigenvalue weighted by Crippen LogP contribution is -2.54. The van der Waals surface area contributed by atoms with Crippen LogP contribution in [0, 0.1) is 30.4 Å². The molecular weight excluding hydrogens is 845 g/mol. The molecule has 0 spiro atoms. The quantitative estimate of drug-likeness (QED) is 0.0947. The molecule has 0 aromatic heterocycles. The number of halogens is 2. The summed E-state index contributed by atoms with van der Waals surface area (Å²) in [6.45, 7) is 9.39. The molecule has 0 radical (unpaired) electrons. The van der Waals surface area contributed by atoms with E-state index in [0.29, 0.717) is 86.4 Å². The molecule has 1 aliphatic carbocycles. The first kappa shape index (κ1) is 48.0. The Hall–Kier alpha value is -5.99.